The number of hydrogen-bond donors (Lipinski definition) is 1. The van der Waals surface area contributed by atoms with Gasteiger partial charge in [0.25, 0.3) is 0 Å². The molecule has 160 valence electrons. The highest BCUT2D eigenvalue weighted by atomic mass is 32.2. The van der Waals surface area contributed by atoms with E-state index in [9.17, 15) is 4.79 Å². The van der Waals surface area contributed by atoms with Crippen LogP contribution in [0.5, 0.6) is 0 Å². The summed E-state index contributed by atoms with van der Waals surface area (Å²) in [6.45, 7) is 7.74. The van der Waals surface area contributed by atoms with Gasteiger partial charge in [0.05, 0.1) is 0 Å². The Labute approximate surface area is 180 Å². The molecule has 2 fully saturated rings. The van der Waals surface area contributed by atoms with Crippen LogP contribution < -0.4 is 5.32 Å². The molecular weight excluding hydrogens is 380 g/mol. The molecule has 1 N–H and O–H groups in total. The number of carbonyl (C=O) groups is 1. The topological polar surface area (TPSA) is 47.9 Å². The highest BCUT2D eigenvalue weighted by Gasteiger charge is 2.25. The summed E-state index contributed by atoms with van der Waals surface area (Å²) < 4.78 is 0. The number of hydrogen-bond acceptors (Lipinski definition) is 3. The predicted molar refractivity (Wildman–Crippen MR) is 122 cm³/mol. The number of rotatable bonds is 8. The van der Waals surface area contributed by atoms with Gasteiger partial charge in [0, 0.05) is 56.3 Å². The summed E-state index contributed by atoms with van der Waals surface area (Å²) in [5, 5.41) is 3.46. The number of amides is 1. The number of carbonyl (C=O) groups excluding carboxylic acids is 1. The van der Waals surface area contributed by atoms with Gasteiger partial charge in [-0.05, 0) is 50.7 Å². The monoisotopic (exact) mass is 416 g/mol. The third-order valence-corrected chi connectivity index (χ3v) is 6.91. The number of guanidine groups is 1. The molecule has 2 aliphatic heterocycles. The molecule has 29 heavy (non-hydrogen) atoms. The van der Waals surface area contributed by atoms with Crippen molar-refractivity contribution in [3.8, 4) is 0 Å². The van der Waals surface area contributed by atoms with E-state index in [4.69, 9.17) is 4.99 Å². The van der Waals surface area contributed by atoms with Crippen LogP contribution >= 0.6 is 11.8 Å². The van der Waals surface area contributed by atoms with Crippen molar-refractivity contribution >= 4 is 23.6 Å². The summed E-state index contributed by atoms with van der Waals surface area (Å²) >= 11 is 1.96. The van der Waals surface area contributed by atoms with Crippen molar-refractivity contribution in [1.82, 2.24) is 15.1 Å². The fourth-order valence-electron chi connectivity index (χ4n) is 4.04. The average Bonchev–Trinajstić information content (AvgIpc) is 3.12. The first-order valence-electron chi connectivity index (χ1n) is 11.2. The van der Waals surface area contributed by atoms with Gasteiger partial charge in [-0.2, -0.15) is 0 Å². The molecule has 3 rings (SSSR count). The third-order valence-electron chi connectivity index (χ3n) is 5.67. The molecule has 0 radical (unpaired) electrons. The Kier molecular flexibility index (Phi) is 9.19. The van der Waals surface area contributed by atoms with E-state index in [1.165, 1.54) is 17.7 Å². The number of nitrogens with zero attached hydrogens (tertiary/aromatic N) is 3. The Morgan fingerprint density at radius 3 is 2.90 bits per heavy atom. The van der Waals surface area contributed by atoms with Crippen molar-refractivity contribution in [3.05, 3.63) is 30.3 Å². The zero-order chi connectivity index (χ0) is 20.3. The second-order valence-electron chi connectivity index (χ2n) is 8.01. The standard InChI is InChI=1S/C23H36N4OS/c1-2-24-23(25-14-9-16-26-15-8-4-7-12-22(26)28)27-17-13-20(18-27)19-29-21-10-5-3-6-11-21/h3,5-6,10-11,20H,2,4,7-9,12-19H2,1H3,(H,24,25). The molecule has 1 amide bonds. The molecule has 0 saturated carbocycles. The van der Waals surface area contributed by atoms with Crippen LogP contribution in [-0.2, 0) is 4.79 Å². The van der Waals surface area contributed by atoms with E-state index in [-0.39, 0.29) is 0 Å². The number of likely N-dealkylation sites (tertiary alicyclic amines) is 2. The van der Waals surface area contributed by atoms with Crippen molar-refractivity contribution < 1.29 is 4.79 Å². The maximum Gasteiger partial charge on any atom is 0.222 e. The second-order valence-corrected chi connectivity index (χ2v) is 9.10. The van der Waals surface area contributed by atoms with Crippen molar-refractivity contribution in [2.45, 2.75) is 50.3 Å². The van der Waals surface area contributed by atoms with Crippen molar-refractivity contribution in [2.75, 3.05) is 45.0 Å². The van der Waals surface area contributed by atoms with Crippen LogP contribution in [0.25, 0.3) is 0 Å². The fraction of sp³-hybridized carbons (Fsp3) is 0.652. The van der Waals surface area contributed by atoms with Gasteiger partial charge >= 0.3 is 0 Å². The van der Waals surface area contributed by atoms with Crippen molar-refractivity contribution in [1.29, 1.82) is 0 Å². The van der Waals surface area contributed by atoms with E-state index in [1.54, 1.807) is 0 Å². The summed E-state index contributed by atoms with van der Waals surface area (Å²) in [6.07, 6.45) is 6.28. The van der Waals surface area contributed by atoms with Gasteiger partial charge in [-0.1, -0.05) is 24.6 Å². The minimum atomic E-state index is 0.330. The largest absolute Gasteiger partial charge is 0.357 e. The van der Waals surface area contributed by atoms with Crippen LogP contribution in [0.2, 0.25) is 0 Å². The molecular formula is C23H36N4OS. The lowest BCUT2D eigenvalue weighted by Gasteiger charge is -2.22. The SMILES string of the molecule is CCNC(=NCCCN1CCCCCC1=O)N1CCC(CSc2ccccc2)C1. The van der Waals surface area contributed by atoms with Crippen molar-refractivity contribution in [2.24, 2.45) is 10.9 Å². The van der Waals surface area contributed by atoms with Crippen LogP contribution in [0, 0.1) is 5.92 Å². The Bertz CT molecular complexity index is 652. The second kappa shape index (κ2) is 12.1. The van der Waals surface area contributed by atoms with Gasteiger partial charge < -0.3 is 15.1 Å². The van der Waals surface area contributed by atoms with Crippen molar-refractivity contribution in [3.63, 3.8) is 0 Å². The molecule has 1 aromatic carbocycles. The normalized spacial score (nSPS) is 20.8. The van der Waals surface area contributed by atoms with E-state index in [1.807, 2.05) is 16.7 Å². The third kappa shape index (κ3) is 7.25. The van der Waals surface area contributed by atoms with Crippen LogP contribution in [0.4, 0.5) is 0 Å². The lowest BCUT2D eigenvalue weighted by molar-refractivity contribution is -0.130. The van der Waals surface area contributed by atoms with Crippen LogP contribution in [0.3, 0.4) is 0 Å². The Morgan fingerprint density at radius 2 is 2.07 bits per heavy atom. The Morgan fingerprint density at radius 1 is 1.21 bits per heavy atom. The lowest BCUT2D eigenvalue weighted by Crippen LogP contribution is -2.40. The summed E-state index contributed by atoms with van der Waals surface area (Å²) in [5.74, 6) is 3.24. The minimum Gasteiger partial charge on any atom is -0.357 e. The van der Waals surface area contributed by atoms with Gasteiger partial charge in [-0.3, -0.25) is 9.79 Å². The summed E-state index contributed by atoms with van der Waals surface area (Å²) in [4.78, 5) is 22.8. The Balaban J connectivity index is 1.43. The van der Waals surface area contributed by atoms with Gasteiger partial charge in [0.1, 0.15) is 0 Å². The number of thioether (sulfide) groups is 1. The number of aliphatic imine (C=N–C) groups is 1. The molecule has 0 aromatic heterocycles. The maximum absolute atomic E-state index is 12.1. The van der Waals surface area contributed by atoms with E-state index in [2.05, 4.69) is 47.5 Å². The molecule has 1 unspecified atom stereocenters. The first-order valence-corrected chi connectivity index (χ1v) is 12.2. The smallest absolute Gasteiger partial charge is 0.222 e. The Hall–Kier alpha value is -1.69. The van der Waals surface area contributed by atoms with Gasteiger partial charge in [-0.25, -0.2) is 0 Å². The van der Waals surface area contributed by atoms with Gasteiger partial charge in [0.2, 0.25) is 5.91 Å². The zero-order valence-corrected chi connectivity index (χ0v) is 18.6. The molecule has 2 aliphatic rings. The number of benzene rings is 1. The fourth-order valence-corrected chi connectivity index (χ4v) is 5.09. The molecule has 0 aliphatic carbocycles. The van der Waals surface area contributed by atoms with E-state index in [0.717, 1.165) is 76.7 Å². The summed E-state index contributed by atoms with van der Waals surface area (Å²) in [5.41, 5.74) is 0. The molecule has 5 nitrogen and oxygen atoms in total. The molecule has 0 spiro atoms. The molecule has 2 saturated heterocycles. The highest BCUT2D eigenvalue weighted by molar-refractivity contribution is 7.99. The first kappa shape index (κ1) is 22.0. The molecule has 0 bridgehead atoms. The summed E-state index contributed by atoms with van der Waals surface area (Å²) in [6, 6.07) is 10.7. The van der Waals surface area contributed by atoms with Crippen LogP contribution in [0.1, 0.15) is 45.4 Å². The molecule has 1 atom stereocenters. The lowest BCUT2D eigenvalue weighted by atomic mass is 10.2. The van der Waals surface area contributed by atoms with Crippen LogP contribution in [0.15, 0.2) is 40.2 Å². The zero-order valence-electron chi connectivity index (χ0n) is 17.8. The first-order chi connectivity index (χ1) is 14.3. The van der Waals surface area contributed by atoms with Gasteiger partial charge in [0.15, 0.2) is 5.96 Å². The van der Waals surface area contributed by atoms with Gasteiger partial charge in [-0.15, -0.1) is 11.8 Å². The molecule has 6 heteroatoms. The highest BCUT2D eigenvalue weighted by Crippen LogP contribution is 2.25. The maximum atomic E-state index is 12.1. The molecule has 2 heterocycles. The number of nitrogens with one attached hydrogen (secondary N) is 1. The quantitative estimate of drug-likeness (QED) is 0.303. The van der Waals surface area contributed by atoms with E-state index < -0.39 is 0 Å². The van der Waals surface area contributed by atoms with E-state index >= 15 is 0 Å². The van der Waals surface area contributed by atoms with E-state index in [0.29, 0.717) is 11.8 Å². The van der Waals surface area contributed by atoms with Crippen LogP contribution in [-0.4, -0.2) is 66.7 Å². The average molecular weight is 417 g/mol. The predicted octanol–water partition coefficient (Wildman–Crippen LogP) is 3.86. The minimum absolute atomic E-state index is 0.330. The summed E-state index contributed by atoms with van der Waals surface area (Å²) in [7, 11) is 0. The molecule has 1 aromatic rings.